The van der Waals surface area contributed by atoms with Crippen LogP contribution in [0.2, 0.25) is 0 Å². The first-order chi connectivity index (χ1) is 9.60. The highest BCUT2D eigenvalue weighted by atomic mass is 16.5. The van der Waals surface area contributed by atoms with E-state index in [1.807, 2.05) is 38.2 Å². The van der Waals surface area contributed by atoms with Crippen molar-refractivity contribution >= 4 is 16.9 Å². The summed E-state index contributed by atoms with van der Waals surface area (Å²) in [7, 11) is 1.66. The number of nitrogens with one attached hydrogen (secondary N) is 3. The standard InChI is InChI=1S/C15H21N3O2/c1-10(2)18-15(19)16-7-6-11-9-17-14-5-4-12(20-3)8-13(11)14/h4-5,8-10,17H,6-7H2,1-3H3,(H2,16,18,19). The lowest BCUT2D eigenvalue weighted by atomic mass is 10.1. The highest BCUT2D eigenvalue weighted by molar-refractivity contribution is 5.84. The van der Waals surface area contributed by atoms with Crippen molar-refractivity contribution in [3.63, 3.8) is 0 Å². The molecular weight excluding hydrogens is 254 g/mol. The smallest absolute Gasteiger partial charge is 0.314 e. The van der Waals surface area contributed by atoms with E-state index in [9.17, 15) is 4.79 Å². The monoisotopic (exact) mass is 275 g/mol. The first kappa shape index (κ1) is 14.2. The van der Waals surface area contributed by atoms with E-state index in [1.165, 1.54) is 5.56 Å². The van der Waals surface area contributed by atoms with Crippen molar-refractivity contribution in [2.24, 2.45) is 0 Å². The van der Waals surface area contributed by atoms with Crippen molar-refractivity contribution in [3.8, 4) is 5.75 Å². The van der Waals surface area contributed by atoms with Crippen LogP contribution in [0.4, 0.5) is 4.79 Å². The summed E-state index contributed by atoms with van der Waals surface area (Å²) in [5.41, 5.74) is 2.25. The number of benzene rings is 1. The normalized spacial score (nSPS) is 10.8. The van der Waals surface area contributed by atoms with E-state index in [2.05, 4.69) is 15.6 Å². The molecule has 1 heterocycles. The van der Waals surface area contributed by atoms with Crippen LogP contribution in [0.25, 0.3) is 10.9 Å². The lowest BCUT2D eigenvalue weighted by Crippen LogP contribution is -2.40. The predicted molar refractivity (Wildman–Crippen MR) is 80.2 cm³/mol. The number of aromatic nitrogens is 1. The molecule has 3 N–H and O–H groups in total. The molecule has 5 heteroatoms. The van der Waals surface area contributed by atoms with Crippen LogP contribution in [0.3, 0.4) is 0 Å². The molecule has 5 nitrogen and oxygen atoms in total. The van der Waals surface area contributed by atoms with Gasteiger partial charge in [-0.25, -0.2) is 4.79 Å². The van der Waals surface area contributed by atoms with Gasteiger partial charge in [0.1, 0.15) is 5.75 Å². The first-order valence-corrected chi connectivity index (χ1v) is 6.78. The van der Waals surface area contributed by atoms with Gasteiger partial charge < -0.3 is 20.4 Å². The fourth-order valence-electron chi connectivity index (χ4n) is 2.12. The van der Waals surface area contributed by atoms with Crippen molar-refractivity contribution in [3.05, 3.63) is 30.0 Å². The van der Waals surface area contributed by atoms with Crippen LogP contribution >= 0.6 is 0 Å². The Morgan fingerprint density at radius 2 is 2.20 bits per heavy atom. The molecule has 1 aromatic carbocycles. The number of ether oxygens (including phenoxy) is 1. The number of aromatic amines is 1. The van der Waals surface area contributed by atoms with Gasteiger partial charge in [0.25, 0.3) is 0 Å². The summed E-state index contributed by atoms with van der Waals surface area (Å²) in [5, 5.41) is 6.79. The van der Waals surface area contributed by atoms with Crippen molar-refractivity contribution < 1.29 is 9.53 Å². The number of carbonyl (C=O) groups is 1. The van der Waals surface area contributed by atoms with Crippen molar-refractivity contribution in [2.75, 3.05) is 13.7 Å². The topological polar surface area (TPSA) is 66.1 Å². The van der Waals surface area contributed by atoms with Gasteiger partial charge in [-0.05, 0) is 44.0 Å². The molecule has 20 heavy (non-hydrogen) atoms. The van der Waals surface area contributed by atoms with Gasteiger partial charge in [0.15, 0.2) is 0 Å². The van der Waals surface area contributed by atoms with Crippen LogP contribution < -0.4 is 15.4 Å². The molecule has 0 bridgehead atoms. The third-order valence-electron chi connectivity index (χ3n) is 3.07. The average molecular weight is 275 g/mol. The number of amides is 2. The maximum Gasteiger partial charge on any atom is 0.314 e. The second kappa shape index (κ2) is 6.32. The van der Waals surface area contributed by atoms with E-state index in [1.54, 1.807) is 7.11 Å². The fraction of sp³-hybridized carbons (Fsp3) is 0.400. The molecule has 108 valence electrons. The third kappa shape index (κ3) is 3.44. The summed E-state index contributed by atoms with van der Waals surface area (Å²) in [6, 6.07) is 5.95. The molecule has 0 aliphatic heterocycles. The first-order valence-electron chi connectivity index (χ1n) is 6.78. The Morgan fingerprint density at radius 1 is 1.40 bits per heavy atom. The third-order valence-corrected chi connectivity index (χ3v) is 3.07. The molecule has 2 aromatic rings. The zero-order valence-corrected chi connectivity index (χ0v) is 12.1. The van der Waals surface area contributed by atoms with Gasteiger partial charge in [0.2, 0.25) is 0 Å². The highest BCUT2D eigenvalue weighted by Crippen LogP contribution is 2.23. The Morgan fingerprint density at radius 3 is 2.90 bits per heavy atom. The molecule has 0 spiro atoms. The molecule has 0 aliphatic carbocycles. The van der Waals surface area contributed by atoms with Gasteiger partial charge in [-0.2, -0.15) is 0 Å². The average Bonchev–Trinajstić information content (AvgIpc) is 2.80. The Hall–Kier alpha value is -2.17. The minimum absolute atomic E-state index is 0.127. The Bertz CT molecular complexity index is 590. The van der Waals surface area contributed by atoms with E-state index >= 15 is 0 Å². The van der Waals surface area contributed by atoms with Gasteiger partial charge in [0, 0.05) is 29.7 Å². The van der Waals surface area contributed by atoms with Gasteiger partial charge >= 0.3 is 6.03 Å². The van der Waals surface area contributed by atoms with Crippen LogP contribution in [0.1, 0.15) is 19.4 Å². The van der Waals surface area contributed by atoms with Gasteiger partial charge in [-0.1, -0.05) is 0 Å². The maximum atomic E-state index is 11.5. The number of methoxy groups -OCH3 is 1. The van der Waals surface area contributed by atoms with Crippen molar-refractivity contribution in [2.45, 2.75) is 26.3 Å². The number of H-pyrrole nitrogens is 1. The van der Waals surface area contributed by atoms with E-state index in [4.69, 9.17) is 4.74 Å². The SMILES string of the molecule is COc1ccc2[nH]cc(CCNC(=O)NC(C)C)c2c1. The summed E-state index contributed by atoms with van der Waals surface area (Å²) >= 11 is 0. The summed E-state index contributed by atoms with van der Waals surface area (Å²) in [4.78, 5) is 14.7. The molecule has 0 saturated carbocycles. The van der Waals surface area contributed by atoms with E-state index in [0.717, 1.165) is 23.1 Å². The molecule has 0 atom stereocenters. The maximum absolute atomic E-state index is 11.5. The van der Waals surface area contributed by atoms with Crippen molar-refractivity contribution in [1.82, 2.24) is 15.6 Å². The Balaban J connectivity index is 1.98. The summed E-state index contributed by atoms with van der Waals surface area (Å²) in [5.74, 6) is 0.837. The van der Waals surface area contributed by atoms with Gasteiger partial charge in [-0.15, -0.1) is 0 Å². The summed E-state index contributed by atoms with van der Waals surface area (Å²) in [6.07, 6.45) is 2.75. The Labute approximate surface area is 118 Å². The number of urea groups is 1. The van der Waals surface area contributed by atoms with Crippen LogP contribution in [-0.2, 0) is 6.42 Å². The number of fused-ring (bicyclic) bond motifs is 1. The lowest BCUT2D eigenvalue weighted by Gasteiger charge is -2.09. The largest absolute Gasteiger partial charge is 0.497 e. The molecule has 2 amide bonds. The second-order valence-corrected chi connectivity index (χ2v) is 5.03. The molecule has 0 fully saturated rings. The minimum atomic E-state index is -0.127. The molecule has 0 radical (unpaired) electrons. The molecular formula is C15H21N3O2. The molecule has 0 aliphatic rings. The van der Waals surface area contributed by atoms with Gasteiger partial charge in [0.05, 0.1) is 7.11 Å². The highest BCUT2D eigenvalue weighted by Gasteiger charge is 2.06. The zero-order chi connectivity index (χ0) is 14.5. The molecule has 2 rings (SSSR count). The van der Waals surface area contributed by atoms with Crippen molar-refractivity contribution in [1.29, 1.82) is 0 Å². The lowest BCUT2D eigenvalue weighted by molar-refractivity contribution is 0.238. The summed E-state index contributed by atoms with van der Waals surface area (Å²) in [6.45, 7) is 4.47. The van der Waals surface area contributed by atoms with Crippen LogP contribution in [-0.4, -0.2) is 30.7 Å². The van der Waals surface area contributed by atoms with Crippen LogP contribution in [0, 0.1) is 0 Å². The molecule has 0 saturated heterocycles. The quantitative estimate of drug-likeness (QED) is 0.784. The van der Waals surface area contributed by atoms with E-state index < -0.39 is 0 Å². The zero-order valence-electron chi connectivity index (χ0n) is 12.1. The number of rotatable bonds is 5. The molecule has 0 unspecified atom stereocenters. The molecule has 1 aromatic heterocycles. The number of hydrogen-bond donors (Lipinski definition) is 3. The number of hydrogen-bond acceptors (Lipinski definition) is 2. The summed E-state index contributed by atoms with van der Waals surface area (Å²) < 4.78 is 5.24. The second-order valence-electron chi connectivity index (χ2n) is 5.03. The van der Waals surface area contributed by atoms with E-state index in [-0.39, 0.29) is 12.1 Å². The fourth-order valence-corrected chi connectivity index (χ4v) is 2.12. The minimum Gasteiger partial charge on any atom is -0.497 e. The van der Waals surface area contributed by atoms with Crippen LogP contribution in [0.5, 0.6) is 5.75 Å². The van der Waals surface area contributed by atoms with Crippen LogP contribution in [0.15, 0.2) is 24.4 Å². The predicted octanol–water partition coefficient (Wildman–Crippen LogP) is 2.43. The van der Waals surface area contributed by atoms with E-state index in [0.29, 0.717) is 6.54 Å². The van der Waals surface area contributed by atoms with Gasteiger partial charge in [-0.3, -0.25) is 0 Å². The number of carbonyl (C=O) groups excluding carboxylic acids is 1. The Kier molecular flexibility index (Phi) is 4.50.